The number of nitrogens with zero attached hydrogens (tertiary/aromatic N) is 2. The third-order valence-corrected chi connectivity index (χ3v) is 4.94. The number of hydrogen-bond acceptors (Lipinski definition) is 3. The van der Waals surface area contributed by atoms with E-state index in [2.05, 4.69) is 51.5 Å². The molecule has 0 aromatic heterocycles. The zero-order valence-corrected chi connectivity index (χ0v) is 15.6. The zero-order valence-electron chi connectivity index (χ0n) is 15.6. The van der Waals surface area contributed by atoms with Crippen molar-refractivity contribution in [3.63, 3.8) is 0 Å². The van der Waals surface area contributed by atoms with Crippen LogP contribution < -0.4 is 5.69 Å². The Morgan fingerprint density at radius 1 is 1.29 bits per heavy atom. The van der Waals surface area contributed by atoms with E-state index in [0.29, 0.717) is 11.7 Å². The van der Waals surface area contributed by atoms with Gasteiger partial charge in [-0.15, -0.1) is 0 Å². The summed E-state index contributed by atoms with van der Waals surface area (Å²) in [5, 5.41) is 0. The average molecular weight is 331 g/mol. The normalized spacial score (nSPS) is 25.5. The van der Waals surface area contributed by atoms with Gasteiger partial charge in [0, 0.05) is 18.0 Å². The molecule has 1 unspecified atom stereocenters. The molecule has 5 heteroatoms. The summed E-state index contributed by atoms with van der Waals surface area (Å²) >= 11 is 0. The molecule has 132 valence electrons. The van der Waals surface area contributed by atoms with E-state index < -0.39 is 0 Å². The highest BCUT2D eigenvalue weighted by atomic mass is 16.5. The number of hydrogen-bond donors (Lipinski definition) is 1. The summed E-state index contributed by atoms with van der Waals surface area (Å²) in [6, 6.07) is 1.91. The summed E-state index contributed by atoms with van der Waals surface area (Å²) in [7, 11) is 0. The zero-order chi connectivity index (χ0) is 17.7. The molecule has 3 aliphatic rings. The second-order valence-corrected chi connectivity index (χ2v) is 9.32. The summed E-state index contributed by atoms with van der Waals surface area (Å²) in [4.78, 5) is 19.5. The molecule has 0 bridgehead atoms. The summed E-state index contributed by atoms with van der Waals surface area (Å²) in [5.74, 6) is 1.05. The van der Waals surface area contributed by atoms with Crippen molar-refractivity contribution >= 4 is 0 Å². The molecule has 1 N–H and O–H groups in total. The van der Waals surface area contributed by atoms with Crippen LogP contribution in [-0.4, -0.2) is 20.6 Å². The molecule has 24 heavy (non-hydrogen) atoms. The van der Waals surface area contributed by atoms with Crippen molar-refractivity contribution < 1.29 is 4.74 Å². The highest BCUT2D eigenvalue weighted by Gasteiger charge is 2.44. The Hall–Kier alpha value is -1.62. The molecule has 0 aromatic rings. The van der Waals surface area contributed by atoms with Crippen LogP contribution in [0, 0.1) is 16.7 Å². The molecule has 0 saturated carbocycles. The van der Waals surface area contributed by atoms with Crippen LogP contribution in [0.4, 0.5) is 0 Å². The minimum absolute atomic E-state index is 0.143. The van der Waals surface area contributed by atoms with Gasteiger partial charge in [-0.25, -0.2) is 9.78 Å². The van der Waals surface area contributed by atoms with Crippen LogP contribution in [0.1, 0.15) is 60.6 Å². The highest BCUT2D eigenvalue weighted by molar-refractivity contribution is 5.54. The van der Waals surface area contributed by atoms with Crippen molar-refractivity contribution in [2.24, 2.45) is 16.7 Å². The van der Waals surface area contributed by atoms with E-state index in [9.17, 15) is 4.79 Å². The smallest absolute Gasteiger partial charge is 0.329 e. The average Bonchev–Trinajstić information content (AvgIpc) is 3.01. The molecule has 1 fully saturated rings. The van der Waals surface area contributed by atoms with Gasteiger partial charge in [0.15, 0.2) is 0 Å². The van der Waals surface area contributed by atoms with Gasteiger partial charge in [-0.2, -0.15) is 0 Å². The second-order valence-electron chi connectivity index (χ2n) is 9.32. The van der Waals surface area contributed by atoms with Crippen LogP contribution in [0.3, 0.4) is 0 Å². The Morgan fingerprint density at radius 2 is 2.00 bits per heavy atom. The highest BCUT2D eigenvalue weighted by Crippen LogP contribution is 2.46. The van der Waals surface area contributed by atoms with Crippen LogP contribution in [0.15, 0.2) is 23.3 Å². The first-order valence-electron chi connectivity index (χ1n) is 8.76. The Balaban J connectivity index is 1.93. The molecule has 0 spiro atoms. The third kappa shape index (κ3) is 3.41. The maximum absolute atomic E-state index is 12.5. The van der Waals surface area contributed by atoms with E-state index >= 15 is 0 Å². The number of ether oxygens (including phenoxy) is 1. The van der Waals surface area contributed by atoms with Gasteiger partial charge in [-0.1, -0.05) is 41.5 Å². The number of aromatic amines is 1. The third-order valence-electron chi connectivity index (χ3n) is 4.94. The van der Waals surface area contributed by atoms with Gasteiger partial charge >= 0.3 is 5.69 Å². The Labute approximate surface area is 143 Å². The molecule has 3 aliphatic heterocycles. The van der Waals surface area contributed by atoms with E-state index in [1.54, 1.807) is 10.8 Å². The summed E-state index contributed by atoms with van der Waals surface area (Å²) < 4.78 is 8.09. The monoisotopic (exact) mass is 331 g/mol. The SMILES string of the molecule is CC(C)(C)CC1O[C@@H](n2cc3ccnc-3[nH]c2=O)C[C@H]1C(C)(C)C. The fourth-order valence-electron chi connectivity index (χ4n) is 3.75. The molecule has 0 aliphatic carbocycles. The quantitative estimate of drug-likeness (QED) is 0.902. The molecule has 1 saturated heterocycles. The van der Waals surface area contributed by atoms with Gasteiger partial charge in [0.05, 0.1) is 6.10 Å². The van der Waals surface area contributed by atoms with Crippen LogP contribution in [0.5, 0.6) is 0 Å². The number of rotatable bonds is 2. The molecule has 0 aromatic carbocycles. The first-order chi connectivity index (χ1) is 11.0. The van der Waals surface area contributed by atoms with E-state index in [1.807, 2.05) is 12.3 Å². The predicted molar refractivity (Wildman–Crippen MR) is 95.0 cm³/mol. The van der Waals surface area contributed by atoms with Gasteiger partial charge in [-0.3, -0.25) is 9.55 Å². The van der Waals surface area contributed by atoms with Crippen LogP contribution in [0.2, 0.25) is 0 Å². The van der Waals surface area contributed by atoms with Crippen molar-refractivity contribution in [1.29, 1.82) is 0 Å². The van der Waals surface area contributed by atoms with Crippen molar-refractivity contribution in [3.8, 4) is 11.4 Å². The number of fused-ring (bicyclic) bond motifs is 1. The number of H-pyrrole nitrogens is 1. The van der Waals surface area contributed by atoms with E-state index in [1.165, 1.54) is 0 Å². The largest absolute Gasteiger partial charge is 0.354 e. The fraction of sp³-hybridized carbons (Fsp3) is 0.684. The van der Waals surface area contributed by atoms with Crippen molar-refractivity contribution in [3.05, 3.63) is 28.9 Å². The molecule has 0 radical (unpaired) electrons. The standard InChI is InChI=1S/C19H29N3O2/c1-18(2,3)10-14-13(19(4,5)6)9-15(24-14)22-11-12-7-8-20-16(12)21-17(22)23/h7-8,11,13-15H,9-10H2,1-6H3,(H,20,21,23)/t13-,14?,15-/m1/s1. The molecule has 3 rings (SSSR count). The molecular weight excluding hydrogens is 302 g/mol. The van der Waals surface area contributed by atoms with E-state index in [0.717, 1.165) is 18.4 Å². The first kappa shape index (κ1) is 17.2. The Morgan fingerprint density at radius 3 is 2.62 bits per heavy atom. The summed E-state index contributed by atoms with van der Waals surface area (Å²) in [5.41, 5.74) is 1.11. The van der Waals surface area contributed by atoms with Crippen molar-refractivity contribution in [2.45, 2.75) is 66.7 Å². The second kappa shape index (κ2) is 5.73. The maximum Gasteiger partial charge on any atom is 0.329 e. The lowest BCUT2D eigenvalue weighted by molar-refractivity contribution is -0.0340. The predicted octanol–water partition coefficient (Wildman–Crippen LogP) is 4.06. The van der Waals surface area contributed by atoms with Gasteiger partial charge in [0.25, 0.3) is 0 Å². The number of aromatic nitrogens is 3. The van der Waals surface area contributed by atoms with Gasteiger partial charge in [0.1, 0.15) is 12.1 Å². The van der Waals surface area contributed by atoms with Gasteiger partial charge < -0.3 is 4.74 Å². The van der Waals surface area contributed by atoms with Crippen LogP contribution in [0.25, 0.3) is 11.4 Å². The van der Waals surface area contributed by atoms with Crippen LogP contribution in [-0.2, 0) is 4.74 Å². The minimum atomic E-state index is -0.218. The van der Waals surface area contributed by atoms with Crippen molar-refractivity contribution in [2.75, 3.05) is 0 Å². The lowest BCUT2D eigenvalue weighted by atomic mass is 9.73. The summed E-state index contributed by atoms with van der Waals surface area (Å²) in [6.07, 6.45) is 5.37. The molecule has 5 nitrogen and oxygen atoms in total. The number of nitrogens with one attached hydrogen (secondary N) is 1. The maximum atomic E-state index is 12.5. The van der Waals surface area contributed by atoms with Crippen LogP contribution >= 0.6 is 0 Å². The van der Waals surface area contributed by atoms with E-state index in [4.69, 9.17) is 4.74 Å². The lowest BCUT2D eigenvalue weighted by Gasteiger charge is -2.33. The Bertz CT molecular complexity index is 732. The molecule has 0 amide bonds. The minimum Gasteiger partial charge on any atom is -0.354 e. The van der Waals surface area contributed by atoms with Gasteiger partial charge in [-0.05, 0) is 35.7 Å². The van der Waals surface area contributed by atoms with Gasteiger partial charge in [0.2, 0.25) is 0 Å². The fourth-order valence-corrected chi connectivity index (χ4v) is 3.75. The van der Waals surface area contributed by atoms with Crippen molar-refractivity contribution in [1.82, 2.24) is 14.5 Å². The van der Waals surface area contributed by atoms with E-state index in [-0.39, 0.29) is 28.9 Å². The molecule has 3 atom stereocenters. The first-order valence-corrected chi connectivity index (χ1v) is 8.76. The molecular formula is C19H29N3O2. The summed E-state index contributed by atoms with van der Waals surface area (Å²) in [6.45, 7) is 13.5. The molecule has 3 heterocycles. The topological polar surface area (TPSA) is 59.9 Å². The lowest BCUT2D eigenvalue weighted by Crippen LogP contribution is -2.31. The Kier molecular flexibility index (Phi) is 4.11.